The van der Waals surface area contributed by atoms with Crippen molar-refractivity contribution in [2.24, 2.45) is 0 Å². The van der Waals surface area contributed by atoms with Crippen LogP contribution in [0.2, 0.25) is 0 Å². The Bertz CT molecular complexity index is 1670. The van der Waals surface area contributed by atoms with Gasteiger partial charge in [-0.3, -0.25) is 9.59 Å². The number of nitrogens with zero attached hydrogens (tertiary/aromatic N) is 3. The third-order valence-electron chi connectivity index (χ3n) is 7.90. The lowest BCUT2D eigenvalue weighted by atomic mass is 9.94. The van der Waals surface area contributed by atoms with Gasteiger partial charge in [0.05, 0.1) is 28.9 Å². The van der Waals surface area contributed by atoms with Crippen LogP contribution in [0.3, 0.4) is 0 Å². The predicted octanol–water partition coefficient (Wildman–Crippen LogP) is 4.94. The molecule has 2 N–H and O–H groups in total. The summed E-state index contributed by atoms with van der Waals surface area (Å²) < 4.78 is 39.4. The predicted molar refractivity (Wildman–Crippen MR) is 145 cm³/mol. The van der Waals surface area contributed by atoms with Crippen LogP contribution in [-0.4, -0.2) is 37.4 Å². The van der Waals surface area contributed by atoms with E-state index in [1.807, 2.05) is 30.3 Å². The van der Waals surface area contributed by atoms with Crippen LogP contribution in [0.15, 0.2) is 77.6 Å². The smallest absolute Gasteiger partial charge is 0.378 e. The Morgan fingerprint density at radius 3 is 2.49 bits per heavy atom. The summed E-state index contributed by atoms with van der Waals surface area (Å²) in [6.45, 7) is 0.320. The second-order valence-electron chi connectivity index (χ2n) is 10.6. The highest BCUT2D eigenvalue weighted by Crippen LogP contribution is 2.52. The van der Waals surface area contributed by atoms with Crippen molar-refractivity contribution in [3.63, 3.8) is 0 Å². The van der Waals surface area contributed by atoms with Crippen molar-refractivity contribution in [1.29, 1.82) is 0 Å². The number of carbonyl (C=O) groups is 1. The van der Waals surface area contributed by atoms with Crippen LogP contribution in [0.5, 0.6) is 0 Å². The van der Waals surface area contributed by atoms with Gasteiger partial charge in [-0.15, -0.1) is 0 Å². The third kappa shape index (κ3) is 5.15. The number of pyridine rings is 1. The number of rotatable bonds is 5. The maximum Gasteiger partial charge on any atom is 0.433 e. The molecule has 10 heteroatoms. The minimum absolute atomic E-state index is 0.00104. The normalized spacial score (nSPS) is 16.9. The van der Waals surface area contributed by atoms with Gasteiger partial charge in [0, 0.05) is 12.1 Å². The molecule has 1 aliphatic heterocycles. The van der Waals surface area contributed by atoms with Crippen molar-refractivity contribution in [3.05, 3.63) is 117 Å². The first kappa shape index (κ1) is 26.9. The van der Waals surface area contributed by atoms with Crippen molar-refractivity contribution >= 4 is 5.91 Å². The molecule has 2 aromatic heterocycles. The summed E-state index contributed by atoms with van der Waals surface area (Å²) in [5, 5.41) is 11.0. The molecule has 1 aliphatic carbocycles. The SMILES string of the molecule is O=C(C(O)c1cccc(-c2cccc(C(F)(F)F)n2)c1)N1CCCc2nc(C3(c4ccccc4)CC3)[nH]c(=O)c2C1. The topological polar surface area (TPSA) is 99.2 Å². The van der Waals surface area contributed by atoms with E-state index >= 15 is 0 Å². The number of hydrogen-bond donors (Lipinski definition) is 2. The second kappa shape index (κ2) is 10.3. The Morgan fingerprint density at radius 2 is 1.76 bits per heavy atom. The average molecular weight is 561 g/mol. The van der Waals surface area contributed by atoms with Crippen molar-refractivity contribution in [2.75, 3.05) is 6.54 Å². The molecule has 0 spiro atoms. The van der Waals surface area contributed by atoms with E-state index in [0.717, 1.165) is 24.5 Å². The van der Waals surface area contributed by atoms with E-state index in [2.05, 4.69) is 9.97 Å². The van der Waals surface area contributed by atoms with Crippen molar-refractivity contribution < 1.29 is 23.1 Å². The average Bonchev–Trinajstić information content (AvgIpc) is 3.81. The van der Waals surface area contributed by atoms with Gasteiger partial charge in [0.25, 0.3) is 11.5 Å². The number of aryl methyl sites for hydroxylation is 1. The maximum absolute atomic E-state index is 13.4. The summed E-state index contributed by atoms with van der Waals surface area (Å²) in [5.41, 5.74) is 1.18. The number of aromatic nitrogens is 3. The monoisotopic (exact) mass is 560 g/mol. The fourth-order valence-corrected chi connectivity index (χ4v) is 5.52. The molecule has 1 atom stereocenters. The number of H-pyrrole nitrogens is 1. The van der Waals surface area contributed by atoms with Crippen LogP contribution in [-0.2, 0) is 29.4 Å². The van der Waals surface area contributed by atoms with Crippen LogP contribution < -0.4 is 5.56 Å². The highest BCUT2D eigenvalue weighted by atomic mass is 19.4. The quantitative estimate of drug-likeness (QED) is 0.360. The molecule has 3 heterocycles. The van der Waals surface area contributed by atoms with E-state index in [1.54, 1.807) is 12.1 Å². The number of aromatic amines is 1. The number of aliphatic hydroxyl groups is 1. The Kier molecular flexibility index (Phi) is 6.73. The Labute approximate surface area is 233 Å². The summed E-state index contributed by atoms with van der Waals surface area (Å²) >= 11 is 0. The molecule has 1 fully saturated rings. The largest absolute Gasteiger partial charge is 0.433 e. The maximum atomic E-state index is 13.4. The van der Waals surface area contributed by atoms with Gasteiger partial charge in [0.15, 0.2) is 6.10 Å². The zero-order valence-electron chi connectivity index (χ0n) is 22.0. The molecule has 6 rings (SSSR count). The summed E-state index contributed by atoms with van der Waals surface area (Å²) in [6.07, 6.45) is -3.29. The number of carbonyl (C=O) groups excluding carboxylic acids is 1. The van der Waals surface area contributed by atoms with Gasteiger partial charge in [-0.2, -0.15) is 13.2 Å². The first-order chi connectivity index (χ1) is 19.7. The van der Waals surface area contributed by atoms with Crippen molar-refractivity contribution in [1.82, 2.24) is 19.9 Å². The van der Waals surface area contributed by atoms with Gasteiger partial charge < -0.3 is 15.0 Å². The molecule has 4 aromatic rings. The minimum Gasteiger partial charge on any atom is -0.378 e. The number of halogens is 3. The van der Waals surface area contributed by atoms with E-state index in [4.69, 9.17) is 4.98 Å². The lowest BCUT2D eigenvalue weighted by Crippen LogP contribution is -2.36. The van der Waals surface area contributed by atoms with Gasteiger partial charge in [-0.1, -0.05) is 54.6 Å². The molecule has 0 saturated heterocycles. The highest BCUT2D eigenvalue weighted by Gasteiger charge is 2.48. The number of nitrogens with one attached hydrogen (secondary N) is 1. The zero-order valence-corrected chi connectivity index (χ0v) is 22.0. The number of fused-ring (bicyclic) bond motifs is 1. The standard InChI is InChI=1S/C31H27F3N4O3/c32-31(33,34)25-13-5-11-23(35-25)19-7-4-8-20(17-19)26(39)28(41)38-16-6-12-24-22(18-38)27(40)37-29(36-24)30(14-15-30)21-9-2-1-3-10-21/h1-5,7-11,13,17,26,39H,6,12,14-16,18H2,(H,36,37,40). The van der Waals surface area contributed by atoms with Crippen LogP contribution in [0.25, 0.3) is 11.3 Å². The number of alkyl halides is 3. The van der Waals surface area contributed by atoms with Crippen LogP contribution in [0.4, 0.5) is 13.2 Å². The summed E-state index contributed by atoms with van der Waals surface area (Å²) in [4.78, 5) is 39.6. The van der Waals surface area contributed by atoms with Gasteiger partial charge >= 0.3 is 6.18 Å². The van der Waals surface area contributed by atoms with Gasteiger partial charge in [0.1, 0.15) is 11.5 Å². The third-order valence-corrected chi connectivity index (χ3v) is 7.90. The van der Waals surface area contributed by atoms with E-state index < -0.39 is 23.9 Å². The summed E-state index contributed by atoms with van der Waals surface area (Å²) in [7, 11) is 0. The molecule has 7 nitrogen and oxygen atoms in total. The Balaban J connectivity index is 1.24. The summed E-state index contributed by atoms with van der Waals surface area (Å²) in [5.74, 6) is 0.0469. The zero-order chi connectivity index (χ0) is 28.8. The molecule has 1 amide bonds. The molecule has 210 valence electrons. The van der Waals surface area contributed by atoms with E-state index in [-0.39, 0.29) is 28.8 Å². The molecule has 0 bridgehead atoms. The molecule has 0 radical (unpaired) electrons. The molecule has 2 aliphatic rings. The van der Waals surface area contributed by atoms with Gasteiger partial charge in [-0.25, -0.2) is 9.97 Å². The van der Waals surface area contributed by atoms with E-state index in [9.17, 15) is 27.9 Å². The Morgan fingerprint density at radius 1 is 1.00 bits per heavy atom. The minimum atomic E-state index is -4.60. The van der Waals surface area contributed by atoms with Crippen molar-refractivity contribution in [3.8, 4) is 11.3 Å². The van der Waals surface area contributed by atoms with E-state index in [0.29, 0.717) is 42.0 Å². The fourth-order valence-electron chi connectivity index (χ4n) is 5.52. The number of amides is 1. The summed E-state index contributed by atoms with van der Waals surface area (Å²) in [6, 6.07) is 19.7. The van der Waals surface area contributed by atoms with Crippen LogP contribution in [0.1, 0.15) is 59.3 Å². The van der Waals surface area contributed by atoms with Gasteiger partial charge in [-0.05, 0) is 55.0 Å². The van der Waals surface area contributed by atoms with Crippen LogP contribution in [0, 0.1) is 0 Å². The second-order valence-corrected chi connectivity index (χ2v) is 10.6. The molecule has 1 unspecified atom stereocenters. The molecule has 1 saturated carbocycles. The Hall–Kier alpha value is -4.31. The number of aliphatic hydroxyl groups excluding tert-OH is 1. The number of benzene rings is 2. The molecular formula is C31H27F3N4O3. The molecule has 41 heavy (non-hydrogen) atoms. The van der Waals surface area contributed by atoms with Crippen molar-refractivity contribution in [2.45, 2.75) is 49.9 Å². The number of hydrogen-bond acceptors (Lipinski definition) is 5. The first-order valence-electron chi connectivity index (χ1n) is 13.5. The lowest BCUT2D eigenvalue weighted by molar-refractivity contribution is -0.141. The lowest BCUT2D eigenvalue weighted by Gasteiger charge is -2.24. The highest BCUT2D eigenvalue weighted by molar-refractivity contribution is 5.82. The molecule has 2 aromatic carbocycles. The fraction of sp³-hybridized carbons (Fsp3) is 0.290. The first-order valence-corrected chi connectivity index (χ1v) is 13.5. The van der Waals surface area contributed by atoms with Crippen LogP contribution >= 0.6 is 0 Å². The van der Waals surface area contributed by atoms with Gasteiger partial charge in [0.2, 0.25) is 0 Å². The van der Waals surface area contributed by atoms with E-state index in [1.165, 1.54) is 29.2 Å². The molecular weight excluding hydrogens is 533 g/mol.